The number of ether oxygens (including phenoxy) is 1. The molecule has 1 aliphatic rings. The fourth-order valence-corrected chi connectivity index (χ4v) is 3.75. The van der Waals surface area contributed by atoms with Gasteiger partial charge < -0.3 is 10.5 Å². The highest BCUT2D eigenvalue weighted by atomic mass is 35.5. The van der Waals surface area contributed by atoms with E-state index >= 15 is 0 Å². The fraction of sp³-hybridized carbons (Fsp3) is 0.647. The highest BCUT2D eigenvalue weighted by Gasteiger charge is 2.31. The van der Waals surface area contributed by atoms with Crippen molar-refractivity contribution in [3.05, 3.63) is 28.8 Å². The molecule has 2 rings (SSSR count). The van der Waals surface area contributed by atoms with Crippen molar-refractivity contribution < 1.29 is 4.74 Å². The van der Waals surface area contributed by atoms with Crippen molar-refractivity contribution in [1.82, 2.24) is 0 Å². The predicted octanol–water partition coefficient (Wildman–Crippen LogP) is 4.61. The van der Waals surface area contributed by atoms with Crippen LogP contribution in [0.3, 0.4) is 0 Å². The lowest BCUT2D eigenvalue weighted by atomic mass is 9.71. The quantitative estimate of drug-likeness (QED) is 0.861. The number of nitrogens with two attached hydrogens (primary N) is 1. The molecule has 3 unspecified atom stereocenters. The van der Waals surface area contributed by atoms with E-state index in [-0.39, 0.29) is 0 Å². The highest BCUT2D eigenvalue weighted by Crippen LogP contribution is 2.42. The molecule has 1 aromatic rings. The van der Waals surface area contributed by atoms with Crippen molar-refractivity contribution >= 4 is 11.6 Å². The largest absolute Gasteiger partial charge is 0.494 e. The average Bonchev–Trinajstić information content (AvgIpc) is 2.44. The van der Waals surface area contributed by atoms with Crippen LogP contribution in [-0.2, 0) is 0 Å². The predicted molar refractivity (Wildman–Crippen MR) is 85.5 cm³/mol. The van der Waals surface area contributed by atoms with Gasteiger partial charge in [-0.2, -0.15) is 0 Å². The molecular formula is C17H26ClNO. The van der Waals surface area contributed by atoms with E-state index in [0.717, 1.165) is 16.7 Å². The van der Waals surface area contributed by atoms with Gasteiger partial charge in [-0.15, -0.1) is 0 Å². The van der Waals surface area contributed by atoms with Crippen LogP contribution in [0.4, 0.5) is 0 Å². The summed E-state index contributed by atoms with van der Waals surface area (Å²) in [7, 11) is 0. The molecule has 0 saturated heterocycles. The number of rotatable bonds is 5. The van der Waals surface area contributed by atoms with Crippen molar-refractivity contribution in [1.29, 1.82) is 0 Å². The Morgan fingerprint density at radius 2 is 2.10 bits per heavy atom. The van der Waals surface area contributed by atoms with Crippen LogP contribution in [-0.4, -0.2) is 13.2 Å². The van der Waals surface area contributed by atoms with Crippen molar-refractivity contribution in [2.45, 2.75) is 45.4 Å². The molecule has 0 amide bonds. The summed E-state index contributed by atoms with van der Waals surface area (Å²) in [4.78, 5) is 0. The maximum atomic E-state index is 6.20. The average molecular weight is 296 g/mol. The van der Waals surface area contributed by atoms with Crippen molar-refractivity contribution in [3.63, 3.8) is 0 Å². The number of halogens is 1. The standard InChI is InChI=1S/C17H26ClNO/c1-3-20-17-9-8-13(18)10-15(17)16(11-19)14-7-5-4-6-12(14)2/h8-10,12,14,16H,3-7,11,19H2,1-2H3. The van der Waals surface area contributed by atoms with Crippen LogP contribution in [0.5, 0.6) is 5.75 Å². The SMILES string of the molecule is CCOc1ccc(Cl)cc1C(CN)C1CCCCC1C. The lowest BCUT2D eigenvalue weighted by Gasteiger charge is -2.35. The van der Waals surface area contributed by atoms with Crippen LogP contribution < -0.4 is 10.5 Å². The summed E-state index contributed by atoms with van der Waals surface area (Å²) in [6.07, 6.45) is 5.24. The van der Waals surface area contributed by atoms with Gasteiger partial charge in [0.1, 0.15) is 5.75 Å². The summed E-state index contributed by atoms with van der Waals surface area (Å²) < 4.78 is 5.79. The van der Waals surface area contributed by atoms with Crippen molar-refractivity contribution in [2.24, 2.45) is 17.6 Å². The Morgan fingerprint density at radius 1 is 1.35 bits per heavy atom. The van der Waals surface area contributed by atoms with Crippen LogP contribution >= 0.6 is 11.6 Å². The molecule has 0 aromatic heterocycles. The van der Waals surface area contributed by atoms with E-state index in [9.17, 15) is 0 Å². The van der Waals surface area contributed by atoms with Gasteiger partial charge in [-0.25, -0.2) is 0 Å². The van der Waals surface area contributed by atoms with Gasteiger partial charge >= 0.3 is 0 Å². The summed E-state index contributed by atoms with van der Waals surface area (Å²) in [5.74, 6) is 2.67. The Balaban J connectivity index is 2.32. The zero-order valence-corrected chi connectivity index (χ0v) is 13.3. The van der Waals surface area contributed by atoms with E-state index in [1.165, 1.54) is 31.2 Å². The lowest BCUT2D eigenvalue weighted by Crippen LogP contribution is -2.29. The van der Waals surface area contributed by atoms with Crippen LogP contribution in [0.1, 0.15) is 51.0 Å². The smallest absolute Gasteiger partial charge is 0.122 e. The van der Waals surface area contributed by atoms with Crippen LogP contribution in [0.25, 0.3) is 0 Å². The van der Waals surface area contributed by atoms with E-state index in [4.69, 9.17) is 22.1 Å². The van der Waals surface area contributed by atoms with E-state index in [1.54, 1.807) is 0 Å². The minimum Gasteiger partial charge on any atom is -0.494 e. The Morgan fingerprint density at radius 3 is 2.75 bits per heavy atom. The summed E-state index contributed by atoms with van der Waals surface area (Å²) in [6, 6.07) is 5.93. The molecule has 1 saturated carbocycles. The van der Waals surface area contributed by atoms with Crippen molar-refractivity contribution in [3.8, 4) is 5.75 Å². The van der Waals surface area contributed by atoms with Crippen LogP contribution in [0, 0.1) is 11.8 Å². The Kier molecular flexibility index (Phi) is 5.74. The van der Waals surface area contributed by atoms with Gasteiger partial charge in [0, 0.05) is 16.5 Å². The second kappa shape index (κ2) is 7.33. The van der Waals surface area contributed by atoms with Crippen LogP contribution in [0.15, 0.2) is 18.2 Å². The third kappa shape index (κ3) is 3.48. The molecule has 3 atom stereocenters. The first kappa shape index (κ1) is 15.7. The van der Waals surface area contributed by atoms with Gasteiger partial charge in [0.2, 0.25) is 0 Å². The third-order valence-corrected chi connectivity index (χ3v) is 4.85. The molecule has 112 valence electrons. The number of hydrogen-bond acceptors (Lipinski definition) is 2. The maximum absolute atomic E-state index is 6.20. The Labute approximate surface area is 127 Å². The molecule has 1 aromatic carbocycles. The molecule has 0 heterocycles. The molecule has 20 heavy (non-hydrogen) atoms. The molecule has 1 aliphatic carbocycles. The molecular weight excluding hydrogens is 270 g/mol. The minimum atomic E-state index is 0.352. The molecule has 0 aliphatic heterocycles. The van der Waals surface area contributed by atoms with Gasteiger partial charge in [0.05, 0.1) is 6.61 Å². The highest BCUT2D eigenvalue weighted by molar-refractivity contribution is 6.30. The van der Waals surface area contributed by atoms with Gasteiger partial charge in [0.15, 0.2) is 0 Å². The second-order valence-corrected chi connectivity index (χ2v) is 6.32. The van der Waals surface area contributed by atoms with Gasteiger partial charge in [-0.1, -0.05) is 37.8 Å². The summed E-state index contributed by atoms with van der Waals surface area (Å²) >= 11 is 6.20. The van der Waals surface area contributed by atoms with E-state index in [1.807, 2.05) is 25.1 Å². The molecule has 0 radical (unpaired) electrons. The van der Waals surface area contributed by atoms with Gasteiger partial charge in [0.25, 0.3) is 0 Å². The topological polar surface area (TPSA) is 35.2 Å². The molecule has 1 fully saturated rings. The number of hydrogen-bond donors (Lipinski definition) is 1. The first-order valence-electron chi connectivity index (χ1n) is 7.79. The molecule has 2 N–H and O–H groups in total. The normalized spacial score (nSPS) is 24.4. The van der Waals surface area contributed by atoms with E-state index < -0.39 is 0 Å². The zero-order chi connectivity index (χ0) is 14.5. The fourth-order valence-electron chi connectivity index (χ4n) is 3.57. The van der Waals surface area contributed by atoms with Crippen LogP contribution in [0.2, 0.25) is 5.02 Å². The lowest BCUT2D eigenvalue weighted by molar-refractivity contribution is 0.215. The number of benzene rings is 1. The minimum absolute atomic E-state index is 0.352. The zero-order valence-electron chi connectivity index (χ0n) is 12.6. The maximum Gasteiger partial charge on any atom is 0.122 e. The first-order chi connectivity index (χ1) is 9.67. The second-order valence-electron chi connectivity index (χ2n) is 5.88. The third-order valence-electron chi connectivity index (χ3n) is 4.62. The molecule has 3 heteroatoms. The Hall–Kier alpha value is -0.730. The molecule has 2 nitrogen and oxygen atoms in total. The van der Waals surface area contributed by atoms with Gasteiger partial charge in [-0.3, -0.25) is 0 Å². The molecule has 0 bridgehead atoms. The summed E-state index contributed by atoms with van der Waals surface area (Å²) in [5, 5.41) is 0.769. The molecule has 0 spiro atoms. The summed E-state index contributed by atoms with van der Waals surface area (Å²) in [5.41, 5.74) is 7.31. The Bertz CT molecular complexity index is 435. The monoisotopic (exact) mass is 295 g/mol. The van der Waals surface area contributed by atoms with Gasteiger partial charge in [-0.05, 0) is 49.9 Å². The van der Waals surface area contributed by atoms with E-state index in [0.29, 0.717) is 25.0 Å². The summed E-state index contributed by atoms with van der Waals surface area (Å²) in [6.45, 7) is 5.71. The first-order valence-corrected chi connectivity index (χ1v) is 8.17. The van der Waals surface area contributed by atoms with Crippen molar-refractivity contribution in [2.75, 3.05) is 13.2 Å². The van der Waals surface area contributed by atoms with E-state index in [2.05, 4.69) is 6.92 Å².